The average molecular weight is 250 g/mol. The standard InChI is InChI=1S/C14H22N2O2/c1-4-15-9-11(2)14(18)16(3)10-12-5-7-13(17)8-6-12/h5-8,11,15,17H,4,9-10H2,1-3H3. The van der Waals surface area contributed by atoms with Crippen molar-refractivity contribution in [2.24, 2.45) is 5.92 Å². The molecule has 1 aromatic rings. The Kier molecular flexibility index (Phi) is 5.65. The van der Waals surface area contributed by atoms with Gasteiger partial charge in [-0.3, -0.25) is 4.79 Å². The third kappa shape index (κ3) is 4.37. The van der Waals surface area contributed by atoms with Gasteiger partial charge in [0.2, 0.25) is 5.91 Å². The molecule has 0 saturated carbocycles. The number of phenols is 1. The minimum atomic E-state index is -0.0212. The van der Waals surface area contributed by atoms with Crippen LogP contribution in [0.25, 0.3) is 0 Å². The SMILES string of the molecule is CCNCC(C)C(=O)N(C)Cc1ccc(O)cc1. The van der Waals surface area contributed by atoms with Crippen molar-refractivity contribution in [3.63, 3.8) is 0 Å². The molecule has 0 aromatic heterocycles. The molecular formula is C14H22N2O2. The van der Waals surface area contributed by atoms with Crippen molar-refractivity contribution in [2.45, 2.75) is 20.4 Å². The van der Waals surface area contributed by atoms with Crippen LogP contribution in [0.15, 0.2) is 24.3 Å². The number of nitrogens with zero attached hydrogens (tertiary/aromatic N) is 1. The lowest BCUT2D eigenvalue weighted by Gasteiger charge is -2.21. The normalized spacial score (nSPS) is 12.2. The Balaban J connectivity index is 2.51. The number of hydrogen-bond acceptors (Lipinski definition) is 3. The lowest BCUT2D eigenvalue weighted by molar-refractivity contribution is -0.134. The van der Waals surface area contributed by atoms with Crippen LogP contribution in [-0.2, 0) is 11.3 Å². The number of aromatic hydroxyl groups is 1. The number of benzene rings is 1. The summed E-state index contributed by atoms with van der Waals surface area (Å²) in [5.41, 5.74) is 1.01. The predicted octanol–water partition coefficient (Wildman–Crippen LogP) is 1.60. The minimum Gasteiger partial charge on any atom is -0.508 e. The highest BCUT2D eigenvalue weighted by atomic mass is 16.3. The number of hydrogen-bond donors (Lipinski definition) is 2. The Morgan fingerprint density at radius 1 is 1.39 bits per heavy atom. The van der Waals surface area contributed by atoms with Gasteiger partial charge in [0, 0.05) is 26.1 Å². The van der Waals surface area contributed by atoms with Crippen molar-refractivity contribution in [3.05, 3.63) is 29.8 Å². The van der Waals surface area contributed by atoms with Gasteiger partial charge in [0.15, 0.2) is 0 Å². The van der Waals surface area contributed by atoms with Crippen LogP contribution < -0.4 is 5.32 Å². The number of carbonyl (C=O) groups excluding carboxylic acids is 1. The Morgan fingerprint density at radius 3 is 2.56 bits per heavy atom. The number of carbonyl (C=O) groups is 1. The van der Waals surface area contributed by atoms with Crippen molar-refractivity contribution < 1.29 is 9.90 Å². The van der Waals surface area contributed by atoms with Crippen molar-refractivity contribution >= 4 is 5.91 Å². The highest BCUT2D eigenvalue weighted by Crippen LogP contribution is 2.12. The first-order chi connectivity index (χ1) is 8.54. The van der Waals surface area contributed by atoms with E-state index in [-0.39, 0.29) is 17.6 Å². The van der Waals surface area contributed by atoms with Crippen molar-refractivity contribution in [1.82, 2.24) is 10.2 Å². The van der Waals surface area contributed by atoms with Gasteiger partial charge in [0.1, 0.15) is 5.75 Å². The fourth-order valence-corrected chi connectivity index (χ4v) is 1.78. The summed E-state index contributed by atoms with van der Waals surface area (Å²) in [6.45, 7) is 6.10. The number of phenolic OH excluding ortho intramolecular Hbond substituents is 1. The van der Waals surface area contributed by atoms with Crippen LogP contribution in [-0.4, -0.2) is 36.1 Å². The molecule has 0 fully saturated rings. The molecule has 2 N–H and O–H groups in total. The molecule has 1 amide bonds. The Hall–Kier alpha value is -1.55. The first-order valence-electron chi connectivity index (χ1n) is 6.28. The number of amides is 1. The molecule has 1 aromatic carbocycles. The quantitative estimate of drug-likeness (QED) is 0.806. The van der Waals surface area contributed by atoms with Gasteiger partial charge in [-0.25, -0.2) is 0 Å². The Labute approximate surface area is 109 Å². The van der Waals surface area contributed by atoms with Gasteiger partial charge in [0.05, 0.1) is 0 Å². The zero-order chi connectivity index (χ0) is 13.5. The van der Waals surface area contributed by atoms with E-state index in [9.17, 15) is 9.90 Å². The van der Waals surface area contributed by atoms with E-state index in [1.807, 2.05) is 26.0 Å². The molecule has 0 saturated heterocycles. The fourth-order valence-electron chi connectivity index (χ4n) is 1.78. The smallest absolute Gasteiger partial charge is 0.226 e. The maximum atomic E-state index is 12.1. The third-order valence-corrected chi connectivity index (χ3v) is 2.85. The van der Waals surface area contributed by atoms with Gasteiger partial charge in [0.25, 0.3) is 0 Å². The molecule has 18 heavy (non-hydrogen) atoms. The second-order valence-corrected chi connectivity index (χ2v) is 4.57. The van der Waals surface area contributed by atoms with Gasteiger partial charge in [-0.15, -0.1) is 0 Å². The summed E-state index contributed by atoms with van der Waals surface area (Å²) in [6, 6.07) is 6.92. The van der Waals surface area contributed by atoms with Gasteiger partial charge in [-0.2, -0.15) is 0 Å². The molecule has 1 atom stereocenters. The molecule has 1 rings (SSSR count). The average Bonchev–Trinajstić information content (AvgIpc) is 2.37. The molecule has 0 radical (unpaired) electrons. The molecule has 100 valence electrons. The zero-order valence-electron chi connectivity index (χ0n) is 11.3. The zero-order valence-corrected chi connectivity index (χ0v) is 11.3. The topological polar surface area (TPSA) is 52.6 Å². The Bertz CT molecular complexity index is 376. The summed E-state index contributed by atoms with van der Waals surface area (Å²) < 4.78 is 0. The molecule has 0 heterocycles. The molecule has 0 bridgehead atoms. The molecule has 4 heteroatoms. The van der Waals surface area contributed by atoms with E-state index in [0.717, 1.165) is 12.1 Å². The molecule has 0 aliphatic heterocycles. The second-order valence-electron chi connectivity index (χ2n) is 4.57. The maximum absolute atomic E-state index is 12.1. The van der Waals surface area contributed by atoms with Crippen LogP contribution in [0.1, 0.15) is 19.4 Å². The van der Waals surface area contributed by atoms with Crippen LogP contribution in [0.5, 0.6) is 5.75 Å². The van der Waals surface area contributed by atoms with Gasteiger partial charge in [-0.1, -0.05) is 26.0 Å². The maximum Gasteiger partial charge on any atom is 0.226 e. The summed E-state index contributed by atoms with van der Waals surface area (Å²) in [5, 5.41) is 12.4. The van der Waals surface area contributed by atoms with Gasteiger partial charge in [-0.05, 0) is 24.2 Å². The van der Waals surface area contributed by atoms with Gasteiger partial charge < -0.3 is 15.3 Å². The van der Waals surface area contributed by atoms with E-state index in [0.29, 0.717) is 13.1 Å². The van der Waals surface area contributed by atoms with Gasteiger partial charge >= 0.3 is 0 Å². The molecule has 0 spiro atoms. The van der Waals surface area contributed by atoms with E-state index in [2.05, 4.69) is 5.32 Å². The second kappa shape index (κ2) is 7.01. The summed E-state index contributed by atoms with van der Waals surface area (Å²) in [4.78, 5) is 13.8. The monoisotopic (exact) mass is 250 g/mol. The van der Waals surface area contributed by atoms with Crippen LogP contribution in [0, 0.1) is 5.92 Å². The van der Waals surface area contributed by atoms with Crippen LogP contribution in [0.2, 0.25) is 0 Å². The van der Waals surface area contributed by atoms with E-state index in [1.54, 1.807) is 24.1 Å². The molecular weight excluding hydrogens is 228 g/mol. The first-order valence-corrected chi connectivity index (χ1v) is 6.28. The summed E-state index contributed by atoms with van der Waals surface area (Å²) in [5.74, 6) is 0.351. The van der Waals surface area contributed by atoms with Crippen LogP contribution >= 0.6 is 0 Å². The summed E-state index contributed by atoms with van der Waals surface area (Å²) in [6.07, 6.45) is 0. The number of rotatable bonds is 6. The lowest BCUT2D eigenvalue weighted by atomic mass is 10.1. The molecule has 0 aliphatic rings. The van der Waals surface area contributed by atoms with Crippen molar-refractivity contribution in [2.75, 3.05) is 20.1 Å². The summed E-state index contributed by atoms with van der Waals surface area (Å²) >= 11 is 0. The van der Waals surface area contributed by atoms with Crippen molar-refractivity contribution in [3.8, 4) is 5.75 Å². The van der Waals surface area contributed by atoms with E-state index in [4.69, 9.17) is 0 Å². The van der Waals surface area contributed by atoms with E-state index in [1.165, 1.54) is 0 Å². The minimum absolute atomic E-state index is 0.0212. The highest BCUT2D eigenvalue weighted by molar-refractivity contribution is 5.78. The summed E-state index contributed by atoms with van der Waals surface area (Å²) in [7, 11) is 1.80. The number of nitrogens with one attached hydrogen (secondary N) is 1. The van der Waals surface area contributed by atoms with Crippen molar-refractivity contribution in [1.29, 1.82) is 0 Å². The fraction of sp³-hybridized carbons (Fsp3) is 0.500. The lowest BCUT2D eigenvalue weighted by Crippen LogP contribution is -2.36. The first kappa shape index (κ1) is 14.5. The largest absolute Gasteiger partial charge is 0.508 e. The molecule has 4 nitrogen and oxygen atoms in total. The predicted molar refractivity (Wildman–Crippen MR) is 72.3 cm³/mol. The highest BCUT2D eigenvalue weighted by Gasteiger charge is 2.16. The van der Waals surface area contributed by atoms with E-state index >= 15 is 0 Å². The van der Waals surface area contributed by atoms with Crippen LogP contribution in [0.4, 0.5) is 0 Å². The Morgan fingerprint density at radius 2 is 2.00 bits per heavy atom. The van der Waals surface area contributed by atoms with E-state index < -0.39 is 0 Å². The molecule has 1 unspecified atom stereocenters. The molecule has 0 aliphatic carbocycles. The third-order valence-electron chi connectivity index (χ3n) is 2.85. The van der Waals surface area contributed by atoms with Crippen LogP contribution in [0.3, 0.4) is 0 Å².